The molecule has 0 bridgehead atoms. The Kier molecular flexibility index (Phi) is 6.39. The minimum Gasteiger partial charge on any atom is -0.452 e. The van der Waals surface area contributed by atoms with Gasteiger partial charge in [0.2, 0.25) is 0 Å². The summed E-state index contributed by atoms with van der Waals surface area (Å²) in [6.07, 6.45) is 2.99. The molecule has 31 heavy (non-hydrogen) atoms. The van der Waals surface area contributed by atoms with Crippen LogP contribution in [0.2, 0.25) is 0 Å². The zero-order chi connectivity index (χ0) is 22.5. The standard InChI is InChI=1S/C21H21N5O5/c1-13(2)20-15(11-23-25(20)17-9-4-5-10-22-17)21(28)31-12-18(27)24-19-14(3)7-6-8-16(19)26(29)30/h4-11,13H,12H2,1-3H3,(H,24,27). The van der Waals surface area contributed by atoms with Crippen molar-refractivity contribution in [1.29, 1.82) is 0 Å². The van der Waals surface area contributed by atoms with Crippen LogP contribution in [0.4, 0.5) is 11.4 Å². The minimum atomic E-state index is -0.722. The fourth-order valence-corrected chi connectivity index (χ4v) is 3.08. The molecule has 1 aromatic carbocycles. The van der Waals surface area contributed by atoms with Gasteiger partial charge in [0.15, 0.2) is 12.4 Å². The van der Waals surface area contributed by atoms with Crippen LogP contribution in [0.1, 0.15) is 41.4 Å². The van der Waals surface area contributed by atoms with Crippen molar-refractivity contribution in [3.8, 4) is 5.82 Å². The summed E-state index contributed by atoms with van der Waals surface area (Å²) in [6.45, 7) is 4.83. The Morgan fingerprint density at radius 3 is 2.65 bits per heavy atom. The first-order chi connectivity index (χ1) is 14.8. The third kappa shape index (κ3) is 4.74. The van der Waals surface area contributed by atoms with Crippen molar-refractivity contribution < 1.29 is 19.2 Å². The van der Waals surface area contributed by atoms with E-state index in [1.54, 1.807) is 42.1 Å². The number of carbonyl (C=O) groups excluding carboxylic acids is 2. The van der Waals surface area contributed by atoms with Crippen LogP contribution in [-0.4, -0.2) is 38.2 Å². The Balaban J connectivity index is 1.74. The monoisotopic (exact) mass is 423 g/mol. The topological polar surface area (TPSA) is 129 Å². The number of ether oxygens (including phenoxy) is 1. The zero-order valence-corrected chi connectivity index (χ0v) is 17.2. The number of amides is 1. The summed E-state index contributed by atoms with van der Waals surface area (Å²) in [6, 6.07) is 9.79. The van der Waals surface area contributed by atoms with Crippen LogP contribution in [0.25, 0.3) is 5.82 Å². The second-order valence-corrected chi connectivity index (χ2v) is 7.05. The lowest BCUT2D eigenvalue weighted by Crippen LogP contribution is -2.22. The highest BCUT2D eigenvalue weighted by Crippen LogP contribution is 2.27. The van der Waals surface area contributed by atoms with Gasteiger partial charge in [0, 0.05) is 12.3 Å². The van der Waals surface area contributed by atoms with Crippen molar-refractivity contribution >= 4 is 23.3 Å². The number of benzene rings is 1. The van der Waals surface area contributed by atoms with Gasteiger partial charge < -0.3 is 10.1 Å². The lowest BCUT2D eigenvalue weighted by molar-refractivity contribution is -0.384. The number of hydrogen-bond acceptors (Lipinski definition) is 7. The maximum Gasteiger partial charge on any atom is 0.342 e. The average molecular weight is 423 g/mol. The van der Waals surface area contributed by atoms with E-state index >= 15 is 0 Å². The summed E-state index contributed by atoms with van der Waals surface area (Å²) >= 11 is 0. The van der Waals surface area contributed by atoms with Crippen molar-refractivity contribution in [2.75, 3.05) is 11.9 Å². The van der Waals surface area contributed by atoms with E-state index in [-0.39, 0.29) is 22.9 Å². The Morgan fingerprint density at radius 2 is 2.00 bits per heavy atom. The molecule has 10 heteroatoms. The zero-order valence-electron chi connectivity index (χ0n) is 17.2. The van der Waals surface area contributed by atoms with Gasteiger partial charge in [0.1, 0.15) is 11.3 Å². The first kappa shape index (κ1) is 21.6. The molecule has 0 spiro atoms. The summed E-state index contributed by atoms with van der Waals surface area (Å²) in [7, 11) is 0. The molecule has 3 rings (SSSR count). The Bertz CT molecular complexity index is 1120. The number of carbonyl (C=O) groups is 2. The van der Waals surface area contributed by atoms with Gasteiger partial charge in [-0.3, -0.25) is 14.9 Å². The molecule has 0 unspecified atom stereocenters. The van der Waals surface area contributed by atoms with E-state index in [2.05, 4.69) is 15.4 Å². The number of esters is 1. The maximum atomic E-state index is 12.6. The largest absolute Gasteiger partial charge is 0.452 e. The number of hydrogen-bond donors (Lipinski definition) is 1. The molecular weight excluding hydrogens is 402 g/mol. The number of rotatable bonds is 7. The number of aryl methyl sites for hydroxylation is 1. The average Bonchev–Trinajstić information content (AvgIpc) is 3.19. The van der Waals surface area contributed by atoms with E-state index in [0.29, 0.717) is 17.1 Å². The number of nitro benzene ring substituents is 1. The molecule has 0 aliphatic heterocycles. The van der Waals surface area contributed by atoms with Gasteiger partial charge in [0.05, 0.1) is 16.8 Å². The van der Waals surface area contributed by atoms with E-state index in [9.17, 15) is 19.7 Å². The second-order valence-electron chi connectivity index (χ2n) is 7.05. The molecule has 0 saturated heterocycles. The van der Waals surface area contributed by atoms with Crippen molar-refractivity contribution in [2.24, 2.45) is 0 Å². The van der Waals surface area contributed by atoms with Crippen LogP contribution in [0.15, 0.2) is 48.8 Å². The van der Waals surface area contributed by atoms with E-state index < -0.39 is 23.4 Å². The quantitative estimate of drug-likeness (QED) is 0.350. The Morgan fingerprint density at radius 1 is 1.23 bits per heavy atom. The molecule has 160 valence electrons. The van der Waals surface area contributed by atoms with Gasteiger partial charge in [-0.25, -0.2) is 14.5 Å². The minimum absolute atomic E-state index is 0.0689. The summed E-state index contributed by atoms with van der Waals surface area (Å²) in [5, 5.41) is 17.9. The number of para-hydroxylation sites is 1. The van der Waals surface area contributed by atoms with Crippen molar-refractivity contribution in [1.82, 2.24) is 14.8 Å². The number of aromatic nitrogens is 3. The van der Waals surface area contributed by atoms with Crippen LogP contribution in [-0.2, 0) is 9.53 Å². The predicted molar refractivity (Wildman–Crippen MR) is 112 cm³/mol. The van der Waals surface area contributed by atoms with Crippen LogP contribution >= 0.6 is 0 Å². The normalized spacial score (nSPS) is 10.7. The summed E-state index contributed by atoms with van der Waals surface area (Å²) in [5.74, 6) is -0.931. The van der Waals surface area contributed by atoms with E-state index in [4.69, 9.17) is 4.74 Å². The molecule has 2 aromatic heterocycles. The fourth-order valence-electron chi connectivity index (χ4n) is 3.08. The Labute approximate surface area is 178 Å². The number of pyridine rings is 1. The molecule has 3 aromatic rings. The molecule has 0 aliphatic rings. The molecule has 0 saturated carbocycles. The van der Waals surface area contributed by atoms with Crippen LogP contribution < -0.4 is 5.32 Å². The van der Waals surface area contributed by atoms with Gasteiger partial charge in [0.25, 0.3) is 11.6 Å². The SMILES string of the molecule is Cc1cccc([N+](=O)[O-])c1NC(=O)COC(=O)c1cnn(-c2ccccn2)c1C(C)C. The van der Waals surface area contributed by atoms with Gasteiger partial charge in [-0.1, -0.05) is 32.0 Å². The van der Waals surface area contributed by atoms with E-state index in [1.165, 1.54) is 18.3 Å². The summed E-state index contributed by atoms with van der Waals surface area (Å²) in [5.41, 5.74) is 1.17. The summed E-state index contributed by atoms with van der Waals surface area (Å²) < 4.78 is 6.70. The molecule has 1 N–H and O–H groups in total. The molecule has 1 amide bonds. The number of anilines is 1. The lowest BCUT2D eigenvalue weighted by Gasteiger charge is -2.12. The smallest absolute Gasteiger partial charge is 0.342 e. The summed E-state index contributed by atoms with van der Waals surface area (Å²) in [4.78, 5) is 39.7. The number of nitrogens with one attached hydrogen (secondary N) is 1. The fraction of sp³-hybridized carbons (Fsp3) is 0.238. The van der Waals surface area contributed by atoms with Crippen molar-refractivity contribution in [3.05, 3.63) is 75.7 Å². The number of nitro groups is 1. The number of nitrogens with zero attached hydrogens (tertiary/aromatic N) is 4. The van der Waals surface area contributed by atoms with Crippen molar-refractivity contribution in [2.45, 2.75) is 26.7 Å². The van der Waals surface area contributed by atoms with Crippen LogP contribution in [0.3, 0.4) is 0 Å². The predicted octanol–water partition coefficient (Wildman–Crippen LogP) is 3.40. The highest BCUT2D eigenvalue weighted by atomic mass is 16.6. The van der Waals surface area contributed by atoms with Gasteiger partial charge in [-0.2, -0.15) is 5.10 Å². The highest BCUT2D eigenvalue weighted by molar-refractivity contribution is 5.97. The molecular formula is C21H21N5O5. The van der Waals surface area contributed by atoms with Gasteiger partial charge in [-0.05, 0) is 30.5 Å². The highest BCUT2D eigenvalue weighted by Gasteiger charge is 2.24. The van der Waals surface area contributed by atoms with Crippen molar-refractivity contribution in [3.63, 3.8) is 0 Å². The first-order valence-electron chi connectivity index (χ1n) is 9.50. The molecule has 0 radical (unpaired) electrons. The molecule has 2 heterocycles. The van der Waals surface area contributed by atoms with Gasteiger partial charge >= 0.3 is 5.97 Å². The Hall–Kier alpha value is -4.08. The third-order valence-electron chi connectivity index (χ3n) is 4.49. The molecule has 0 aliphatic carbocycles. The lowest BCUT2D eigenvalue weighted by atomic mass is 10.1. The molecule has 10 nitrogen and oxygen atoms in total. The van der Waals surface area contributed by atoms with Gasteiger partial charge in [-0.15, -0.1) is 0 Å². The molecule has 0 fully saturated rings. The first-order valence-corrected chi connectivity index (χ1v) is 9.50. The van der Waals surface area contributed by atoms with E-state index in [1.807, 2.05) is 13.8 Å². The molecule has 0 atom stereocenters. The van der Waals surface area contributed by atoms with Crippen LogP contribution in [0.5, 0.6) is 0 Å². The van der Waals surface area contributed by atoms with E-state index in [0.717, 1.165) is 0 Å². The maximum absolute atomic E-state index is 12.6. The van der Waals surface area contributed by atoms with Crippen LogP contribution in [0, 0.1) is 17.0 Å². The third-order valence-corrected chi connectivity index (χ3v) is 4.49. The second kappa shape index (κ2) is 9.16.